The van der Waals surface area contributed by atoms with Crippen molar-refractivity contribution in [2.45, 2.75) is 6.92 Å². The molecule has 0 aliphatic carbocycles. The van der Waals surface area contributed by atoms with Crippen LogP contribution in [0.1, 0.15) is 15.9 Å². The van der Waals surface area contributed by atoms with Gasteiger partial charge in [0.25, 0.3) is 5.91 Å². The summed E-state index contributed by atoms with van der Waals surface area (Å²) >= 11 is 0. The zero-order valence-electron chi connectivity index (χ0n) is 15.3. The Bertz CT molecular complexity index is 1050. The molecule has 7 nitrogen and oxygen atoms in total. The van der Waals surface area contributed by atoms with Crippen molar-refractivity contribution < 1.29 is 14.3 Å². The lowest BCUT2D eigenvalue weighted by Crippen LogP contribution is -2.35. The second-order valence-electron chi connectivity index (χ2n) is 5.93. The lowest BCUT2D eigenvalue weighted by molar-refractivity contribution is 0.0978. The largest absolute Gasteiger partial charge is 0.493 e. The molecule has 138 valence electrons. The van der Waals surface area contributed by atoms with Gasteiger partial charge in [-0.2, -0.15) is 0 Å². The summed E-state index contributed by atoms with van der Waals surface area (Å²) in [4.78, 5) is 17.5. The molecule has 1 heterocycles. The number of nitrogens with zero attached hydrogens (tertiary/aromatic N) is 1. The van der Waals surface area contributed by atoms with Crippen molar-refractivity contribution in [3.05, 3.63) is 53.6 Å². The van der Waals surface area contributed by atoms with Crippen LogP contribution < -0.4 is 20.5 Å². The van der Waals surface area contributed by atoms with Crippen LogP contribution in [-0.2, 0) is 0 Å². The minimum atomic E-state index is -0.517. The average Bonchev–Trinajstić information content (AvgIpc) is 2.65. The number of rotatable bonds is 4. The van der Waals surface area contributed by atoms with Crippen LogP contribution in [0.25, 0.3) is 22.2 Å². The number of nitrogens with one attached hydrogen (secondary N) is 2. The van der Waals surface area contributed by atoms with Gasteiger partial charge >= 0.3 is 0 Å². The van der Waals surface area contributed by atoms with Crippen LogP contribution in [0.5, 0.6) is 11.5 Å². The smallest absolute Gasteiger partial charge is 0.258 e. The number of nitrogens with two attached hydrogens (primary N) is 1. The standard InChI is InChI=1S/C20H20N4O3/c1-11-6-4-5-7-12(11)15-10-13(19(25)24-20(21)22)17-14(23-15)8-9-16(26-2)18(17)27-3/h4-10H,1-3H3,(H4,21,22,24,25). The summed E-state index contributed by atoms with van der Waals surface area (Å²) in [5.74, 6) is -0.0830. The van der Waals surface area contributed by atoms with E-state index in [0.717, 1.165) is 11.1 Å². The summed E-state index contributed by atoms with van der Waals surface area (Å²) in [6.07, 6.45) is 0. The quantitative estimate of drug-likeness (QED) is 0.487. The molecule has 0 saturated carbocycles. The Hall–Kier alpha value is -3.61. The molecule has 0 bridgehead atoms. The van der Waals surface area contributed by atoms with Crippen LogP contribution in [0.4, 0.5) is 0 Å². The highest BCUT2D eigenvalue weighted by Crippen LogP contribution is 2.38. The highest BCUT2D eigenvalue weighted by Gasteiger charge is 2.21. The molecule has 1 aromatic heterocycles. The number of ether oxygens (including phenoxy) is 2. The van der Waals surface area contributed by atoms with Gasteiger partial charge in [-0.15, -0.1) is 0 Å². The Morgan fingerprint density at radius 3 is 2.52 bits per heavy atom. The van der Waals surface area contributed by atoms with Crippen molar-refractivity contribution in [2.75, 3.05) is 14.2 Å². The van der Waals surface area contributed by atoms with Gasteiger partial charge in [0.05, 0.1) is 36.4 Å². The Morgan fingerprint density at radius 1 is 1.15 bits per heavy atom. The summed E-state index contributed by atoms with van der Waals surface area (Å²) in [5.41, 5.74) is 8.80. The van der Waals surface area contributed by atoms with E-state index in [0.29, 0.717) is 33.7 Å². The first-order valence-electron chi connectivity index (χ1n) is 8.23. The van der Waals surface area contributed by atoms with Crippen molar-refractivity contribution in [2.24, 2.45) is 5.73 Å². The van der Waals surface area contributed by atoms with Gasteiger partial charge in [0, 0.05) is 5.56 Å². The van der Waals surface area contributed by atoms with E-state index in [1.807, 2.05) is 31.2 Å². The van der Waals surface area contributed by atoms with Gasteiger partial charge in [0.15, 0.2) is 17.5 Å². The van der Waals surface area contributed by atoms with Crippen LogP contribution in [0.15, 0.2) is 42.5 Å². The van der Waals surface area contributed by atoms with Gasteiger partial charge in [-0.1, -0.05) is 24.3 Å². The third-order valence-electron chi connectivity index (χ3n) is 4.23. The lowest BCUT2D eigenvalue weighted by atomic mass is 10.00. The number of hydrogen-bond acceptors (Lipinski definition) is 5. The molecule has 3 rings (SSSR count). The predicted octanol–water partition coefficient (Wildman–Crippen LogP) is 2.85. The lowest BCUT2D eigenvalue weighted by Gasteiger charge is -2.15. The van der Waals surface area contributed by atoms with Crippen LogP contribution in [0.2, 0.25) is 0 Å². The zero-order valence-corrected chi connectivity index (χ0v) is 15.3. The van der Waals surface area contributed by atoms with E-state index in [-0.39, 0.29) is 0 Å². The van der Waals surface area contributed by atoms with E-state index >= 15 is 0 Å². The maximum Gasteiger partial charge on any atom is 0.258 e. The zero-order chi connectivity index (χ0) is 19.6. The van der Waals surface area contributed by atoms with Gasteiger partial charge in [0.2, 0.25) is 0 Å². The molecule has 0 spiro atoms. The maximum absolute atomic E-state index is 12.7. The monoisotopic (exact) mass is 364 g/mol. The number of fused-ring (bicyclic) bond motifs is 1. The molecule has 3 aromatic rings. The van der Waals surface area contributed by atoms with Crippen LogP contribution in [0.3, 0.4) is 0 Å². The van der Waals surface area contributed by atoms with Gasteiger partial charge in [0.1, 0.15) is 0 Å². The van der Waals surface area contributed by atoms with Gasteiger partial charge in [-0.25, -0.2) is 4.98 Å². The molecule has 0 aliphatic rings. The molecule has 0 radical (unpaired) electrons. The van der Waals surface area contributed by atoms with E-state index in [1.54, 1.807) is 18.2 Å². The highest BCUT2D eigenvalue weighted by molar-refractivity contribution is 6.14. The summed E-state index contributed by atoms with van der Waals surface area (Å²) in [6, 6.07) is 13.0. The number of aromatic nitrogens is 1. The molecular formula is C20H20N4O3. The molecule has 0 saturated heterocycles. The number of benzene rings is 2. The SMILES string of the molecule is COc1ccc2nc(-c3ccccc3C)cc(C(=O)NC(=N)N)c2c1OC. The average molecular weight is 364 g/mol. The van der Waals surface area contributed by atoms with E-state index < -0.39 is 11.9 Å². The molecule has 2 aromatic carbocycles. The fourth-order valence-corrected chi connectivity index (χ4v) is 3.01. The summed E-state index contributed by atoms with van der Waals surface area (Å²) in [5, 5.41) is 10.2. The number of methoxy groups -OCH3 is 2. The van der Waals surface area contributed by atoms with Crippen molar-refractivity contribution in [3.8, 4) is 22.8 Å². The molecular weight excluding hydrogens is 344 g/mol. The highest BCUT2D eigenvalue weighted by atomic mass is 16.5. The molecule has 0 atom stereocenters. The number of carbonyl (C=O) groups excluding carboxylic acids is 1. The number of guanidine groups is 1. The van der Waals surface area contributed by atoms with Gasteiger partial charge in [-0.3, -0.25) is 15.5 Å². The first-order chi connectivity index (χ1) is 13.0. The van der Waals surface area contributed by atoms with Crippen molar-refractivity contribution in [1.29, 1.82) is 5.41 Å². The number of hydrogen-bond donors (Lipinski definition) is 3. The molecule has 1 amide bonds. The van der Waals surface area contributed by atoms with E-state index in [9.17, 15) is 4.79 Å². The first-order valence-corrected chi connectivity index (χ1v) is 8.23. The summed E-state index contributed by atoms with van der Waals surface area (Å²) in [6.45, 7) is 1.98. The topological polar surface area (TPSA) is 110 Å². The molecule has 0 fully saturated rings. The third-order valence-corrected chi connectivity index (χ3v) is 4.23. The fraction of sp³-hybridized carbons (Fsp3) is 0.150. The van der Waals surface area contributed by atoms with E-state index in [2.05, 4.69) is 5.32 Å². The van der Waals surface area contributed by atoms with Crippen molar-refractivity contribution in [1.82, 2.24) is 10.3 Å². The second-order valence-corrected chi connectivity index (χ2v) is 5.93. The minimum absolute atomic E-state index is 0.296. The number of amides is 1. The Morgan fingerprint density at radius 2 is 1.89 bits per heavy atom. The third kappa shape index (κ3) is 3.39. The summed E-state index contributed by atoms with van der Waals surface area (Å²) < 4.78 is 10.8. The molecule has 0 aliphatic heterocycles. The van der Waals surface area contributed by atoms with Gasteiger partial charge < -0.3 is 15.2 Å². The van der Waals surface area contributed by atoms with Gasteiger partial charge in [-0.05, 0) is 30.7 Å². The molecule has 0 unspecified atom stereocenters. The Balaban J connectivity index is 2.36. The predicted molar refractivity (Wildman–Crippen MR) is 104 cm³/mol. The normalized spacial score (nSPS) is 10.5. The van der Waals surface area contributed by atoms with Crippen LogP contribution >= 0.6 is 0 Å². The van der Waals surface area contributed by atoms with E-state index in [1.165, 1.54) is 14.2 Å². The Labute approximate surface area is 156 Å². The van der Waals surface area contributed by atoms with Crippen LogP contribution in [-0.4, -0.2) is 31.1 Å². The number of aryl methyl sites for hydroxylation is 1. The molecule has 7 heteroatoms. The van der Waals surface area contributed by atoms with Crippen molar-refractivity contribution >= 4 is 22.8 Å². The minimum Gasteiger partial charge on any atom is -0.493 e. The first kappa shape index (κ1) is 18.2. The summed E-state index contributed by atoms with van der Waals surface area (Å²) in [7, 11) is 3.02. The maximum atomic E-state index is 12.7. The number of pyridine rings is 1. The van der Waals surface area contributed by atoms with Crippen LogP contribution in [0, 0.1) is 12.3 Å². The van der Waals surface area contributed by atoms with Crippen molar-refractivity contribution in [3.63, 3.8) is 0 Å². The molecule has 27 heavy (non-hydrogen) atoms. The Kier molecular flexibility index (Phi) is 4.94. The fourth-order valence-electron chi connectivity index (χ4n) is 3.01. The van der Waals surface area contributed by atoms with E-state index in [4.69, 9.17) is 25.6 Å². The molecule has 4 N–H and O–H groups in total. The second kappa shape index (κ2) is 7.33. The number of carbonyl (C=O) groups is 1.